The van der Waals surface area contributed by atoms with Crippen LogP contribution in [0.1, 0.15) is 80.5 Å². The van der Waals surface area contributed by atoms with E-state index in [0.29, 0.717) is 0 Å². The standard InChI is InChI=1S/C81H69BN4O2S/c1-48-20-30-55(31-21-48)83(56-32-22-49(2)23-33-56)66-41-39-64(73-59-16-12-14-18-70(59)87-77(66)73)85-63-38-28-54(81(9,10)11)47-62(63)82-75-68(85)44-52(5)45-69(75)86(76-61-46-53(80(6,7)8)29-43-72(61)89-79(76)82)65-40-42-67(78-74(65)60-17-13-15-19-71(60)88-78)84(57-34-24-50(3)25-35-57)58-36-26-51(4)27-37-58/h12-47H,1-11H3. The monoisotopic (exact) mass is 1170 g/mol. The molecule has 2 aliphatic rings. The van der Waals surface area contributed by atoms with Crippen molar-refractivity contribution in [1.29, 1.82) is 0 Å². The lowest BCUT2D eigenvalue weighted by molar-refractivity contribution is 0.590. The van der Waals surface area contributed by atoms with Crippen molar-refractivity contribution in [2.24, 2.45) is 0 Å². The molecule has 0 fully saturated rings. The van der Waals surface area contributed by atoms with Gasteiger partial charge in [-0.3, -0.25) is 0 Å². The third-order valence-electron chi connectivity index (χ3n) is 18.6. The zero-order valence-corrected chi connectivity index (χ0v) is 53.2. The molecular formula is C81H69BN4O2S. The van der Waals surface area contributed by atoms with E-state index in [1.165, 1.54) is 64.9 Å². The van der Waals surface area contributed by atoms with Gasteiger partial charge in [-0.1, -0.05) is 167 Å². The largest absolute Gasteiger partial charge is 0.454 e. The third kappa shape index (κ3) is 8.73. The van der Waals surface area contributed by atoms with E-state index in [1.807, 2.05) is 11.3 Å². The highest BCUT2D eigenvalue weighted by molar-refractivity contribution is 7.33. The Balaban J connectivity index is 1.01. The molecule has 8 heteroatoms. The van der Waals surface area contributed by atoms with E-state index >= 15 is 0 Å². The third-order valence-corrected chi connectivity index (χ3v) is 19.9. The lowest BCUT2D eigenvalue weighted by Gasteiger charge is -2.44. The number of nitrogens with zero attached hydrogens (tertiary/aromatic N) is 4. The van der Waals surface area contributed by atoms with Crippen LogP contribution in [0.5, 0.6) is 0 Å². The number of aryl methyl sites for hydroxylation is 5. The molecular weight excluding hydrogens is 1100 g/mol. The van der Waals surface area contributed by atoms with Crippen molar-refractivity contribution in [3.8, 4) is 0 Å². The number of para-hydroxylation sites is 2. The second-order valence-electron chi connectivity index (χ2n) is 26.9. The molecule has 0 saturated heterocycles. The van der Waals surface area contributed by atoms with E-state index in [0.717, 1.165) is 112 Å². The quantitative estimate of drug-likeness (QED) is 0.141. The van der Waals surface area contributed by atoms with Gasteiger partial charge >= 0.3 is 0 Å². The Morgan fingerprint density at radius 1 is 0.382 bits per heavy atom. The Kier molecular flexibility index (Phi) is 12.4. The molecule has 5 heterocycles. The van der Waals surface area contributed by atoms with Gasteiger partial charge in [-0.2, -0.15) is 0 Å². The summed E-state index contributed by atoms with van der Waals surface area (Å²) in [6.45, 7) is 24.8. The Labute approximate surface area is 525 Å². The molecule has 0 aliphatic carbocycles. The van der Waals surface area contributed by atoms with Crippen LogP contribution in [0.25, 0.3) is 54.0 Å². The first-order valence-corrected chi connectivity index (χ1v) is 32.0. The molecule has 6 nitrogen and oxygen atoms in total. The van der Waals surface area contributed by atoms with Crippen LogP contribution in [-0.2, 0) is 10.8 Å². The normalized spacial score (nSPS) is 13.0. The van der Waals surface area contributed by atoms with Crippen LogP contribution in [-0.4, -0.2) is 6.71 Å². The lowest BCUT2D eigenvalue weighted by Crippen LogP contribution is -2.60. The summed E-state index contributed by atoms with van der Waals surface area (Å²) in [4.78, 5) is 9.95. The molecule has 0 atom stereocenters. The highest BCUT2D eigenvalue weighted by Gasteiger charge is 2.47. The van der Waals surface area contributed by atoms with Gasteiger partial charge in [0.25, 0.3) is 6.71 Å². The fraction of sp³-hybridized carbons (Fsp3) is 0.160. The number of benzene rings is 11. The van der Waals surface area contributed by atoms with Gasteiger partial charge in [0.15, 0.2) is 11.2 Å². The molecule has 89 heavy (non-hydrogen) atoms. The Bertz CT molecular complexity index is 5080. The van der Waals surface area contributed by atoms with Gasteiger partial charge in [0.05, 0.1) is 39.2 Å². The molecule has 0 unspecified atom stereocenters. The van der Waals surface area contributed by atoms with Crippen LogP contribution in [0, 0.1) is 34.6 Å². The van der Waals surface area contributed by atoms with Crippen molar-refractivity contribution in [3.63, 3.8) is 0 Å². The van der Waals surface area contributed by atoms with Gasteiger partial charge in [0.2, 0.25) is 0 Å². The SMILES string of the molecule is Cc1ccc(N(c2ccc(C)cc2)c2ccc(N3c4ccc(C(C)(C)C)cc4B4c5sc6ccc(C(C)(C)C)cc6c5N(c5ccc(N(c6ccc(C)cc6)c6ccc(C)cc6)c6oc7ccccc7c56)c5cc(C)cc3c54)c3c2oc2ccccc23)cc1. The first kappa shape index (κ1) is 54.6. The molecule has 0 spiro atoms. The molecule has 0 saturated carbocycles. The van der Waals surface area contributed by atoms with Crippen molar-refractivity contribution in [3.05, 3.63) is 257 Å². The van der Waals surface area contributed by atoms with Crippen LogP contribution in [0.4, 0.5) is 68.2 Å². The average Bonchev–Trinajstić information content (AvgIpc) is 1.68. The number of hydrogen-bond acceptors (Lipinski definition) is 7. The number of hydrogen-bond donors (Lipinski definition) is 0. The first-order valence-electron chi connectivity index (χ1n) is 31.2. The van der Waals surface area contributed by atoms with Crippen molar-refractivity contribution in [2.45, 2.75) is 87.0 Å². The fourth-order valence-electron chi connectivity index (χ4n) is 14.0. The molecule has 16 rings (SSSR count). The van der Waals surface area contributed by atoms with Gasteiger partial charge in [-0.05, 0) is 188 Å². The Hall–Kier alpha value is -9.76. The maximum Gasteiger partial charge on any atom is 0.264 e. The summed E-state index contributed by atoms with van der Waals surface area (Å²) in [5.74, 6) is 0. The number of furan rings is 2. The highest BCUT2D eigenvalue weighted by atomic mass is 32.1. The summed E-state index contributed by atoms with van der Waals surface area (Å²) in [6, 6.07) is 81.4. The van der Waals surface area contributed by atoms with Crippen molar-refractivity contribution >= 4 is 156 Å². The topological polar surface area (TPSA) is 39.2 Å². The van der Waals surface area contributed by atoms with Gasteiger partial charge in [0, 0.05) is 65.4 Å². The van der Waals surface area contributed by atoms with Crippen LogP contribution in [0.15, 0.2) is 227 Å². The molecule has 0 bridgehead atoms. The minimum Gasteiger partial charge on any atom is -0.454 e. The summed E-state index contributed by atoms with van der Waals surface area (Å²) in [7, 11) is 0. The summed E-state index contributed by atoms with van der Waals surface area (Å²) < 4.78 is 17.2. The number of anilines is 12. The van der Waals surface area contributed by atoms with Crippen LogP contribution >= 0.6 is 11.3 Å². The maximum absolute atomic E-state index is 7.34. The average molecular weight is 1170 g/mol. The summed E-state index contributed by atoms with van der Waals surface area (Å²) in [5.41, 5.74) is 27.2. The Morgan fingerprint density at radius 3 is 1.27 bits per heavy atom. The van der Waals surface area contributed by atoms with Crippen molar-refractivity contribution in [1.82, 2.24) is 0 Å². The van der Waals surface area contributed by atoms with Crippen LogP contribution in [0.3, 0.4) is 0 Å². The predicted molar refractivity (Wildman–Crippen MR) is 381 cm³/mol. The van der Waals surface area contributed by atoms with Crippen LogP contribution in [0.2, 0.25) is 0 Å². The fourth-order valence-corrected chi connectivity index (χ4v) is 15.3. The summed E-state index contributed by atoms with van der Waals surface area (Å²) in [6.07, 6.45) is 0. The number of rotatable bonds is 8. The summed E-state index contributed by atoms with van der Waals surface area (Å²) in [5, 5.41) is 5.49. The van der Waals surface area contributed by atoms with E-state index in [4.69, 9.17) is 8.83 Å². The van der Waals surface area contributed by atoms with Crippen molar-refractivity contribution < 1.29 is 8.83 Å². The van der Waals surface area contributed by atoms with E-state index in [9.17, 15) is 0 Å². The predicted octanol–water partition coefficient (Wildman–Crippen LogP) is 21.9. The van der Waals surface area contributed by atoms with Gasteiger partial charge in [-0.15, -0.1) is 11.3 Å². The van der Waals surface area contributed by atoms with Gasteiger partial charge < -0.3 is 28.4 Å². The molecule has 11 aromatic carbocycles. The maximum atomic E-state index is 7.34. The molecule has 14 aromatic rings. The van der Waals surface area contributed by atoms with Crippen LogP contribution < -0.4 is 35.3 Å². The van der Waals surface area contributed by atoms with Gasteiger partial charge in [-0.25, -0.2) is 0 Å². The number of fused-ring (bicyclic) bond motifs is 12. The smallest absolute Gasteiger partial charge is 0.264 e. The second kappa shape index (κ2) is 20.1. The lowest BCUT2D eigenvalue weighted by atomic mass is 9.36. The minimum atomic E-state index is -0.132. The Morgan fingerprint density at radius 2 is 0.798 bits per heavy atom. The van der Waals surface area contributed by atoms with E-state index in [-0.39, 0.29) is 17.5 Å². The number of thiophene rings is 1. The zero-order valence-electron chi connectivity index (χ0n) is 52.4. The minimum absolute atomic E-state index is 0.0930. The summed E-state index contributed by atoms with van der Waals surface area (Å²) >= 11 is 1.95. The second-order valence-corrected chi connectivity index (χ2v) is 28.0. The van der Waals surface area contributed by atoms with Crippen molar-refractivity contribution in [2.75, 3.05) is 19.6 Å². The zero-order chi connectivity index (χ0) is 60.9. The molecule has 0 N–H and O–H groups in total. The molecule has 0 amide bonds. The van der Waals surface area contributed by atoms with E-state index < -0.39 is 0 Å². The molecule has 2 aliphatic heterocycles. The van der Waals surface area contributed by atoms with E-state index in [2.05, 4.69) is 314 Å². The van der Waals surface area contributed by atoms with E-state index in [1.54, 1.807) is 0 Å². The highest BCUT2D eigenvalue weighted by Crippen LogP contribution is 2.55. The first-order chi connectivity index (χ1) is 42.9. The molecule has 0 radical (unpaired) electrons. The molecule has 3 aromatic heterocycles. The molecule has 434 valence electrons. The van der Waals surface area contributed by atoms with Gasteiger partial charge in [0.1, 0.15) is 11.2 Å².